The molecule has 9 rings (SSSR count). The Balaban J connectivity index is 0.986. The van der Waals surface area contributed by atoms with E-state index in [1.54, 1.807) is 5.30 Å². The summed E-state index contributed by atoms with van der Waals surface area (Å²) in [6.07, 6.45) is 15.7. The van der Waals surface area contributed by atoms with E-state index in [0.717, 1.165) is 0 Å². The molecule has 0 saturated heterocycles. The molecule has 0 radical (unpaired) electrons. The van der Waals surface area contributed by atoms with Crippen molar-refractivity contribution in [3.8, 4) is 0 Å². The van der Waals surface area contributed by atoms with Crippen LogP contribution in [0.4, 0.5) is 0 Å². The number of hydrogen-bond acceptors (Lipinski definition) is 0. The van der Waals surface area contributed by atoms with Gasteiger partial charge in [0, 0.05) is 0 Å². The Morgan fingerprint density at radius 2 is 0.301 bits per heavy atom. The molecule has 368 valence electrons. The van der Waals surface area contributed by atoms with Crippen molar-refractivity contribution in [1.29, 1.82) is 0 Å². The fraction of sp³-hybridized carbons (Fsp3) is 0.182. The molecule has 0 fully saturated rings. The summed E-state index contributed by atoms with van der Waals surface area (Å²) in [5.41, 5.74) is 0. The summed E-state index contributed by atoms with van der Waals surface area (Å²) in [4.78, 5) is 0. The first-order valence-corrected chi connectivity index (χ1v) is 37.6. The molecular formula is C66H69P7. The smallest absolute Gasteiger partial charge is 0.0195 e. The zero-order chi connectivity index (χ0) is 49.5. The van der Waals surface area contributed by atoms with Crippen LogP contribution < -0.4 is 47.7 Å². The first-order chi connectivity index (χ1) is 36.2. The molecule has 0 amide bonds. The third-order valence-electron chi connectivity index (χ3n) is 13.6. The average Bonchev–Trinajstić information content (AvgIpc) is 3.47. The molecule has 0 aliphatic heterocycles. The molecule has 0 saturated carbocycles. The summed E-state index contributed by atoms with van der Waals surface area (Å²) in [5.74, 6) is 0. The van der Waals surface area contributed by atoms with Crippen molar-refractivity contribution in [3.63, 3.8) is 0 Å². The maximum atomic E-state index is 2.48. The van der Waals surface area contributed by atoms with E-state index in [-0.39, 0.29) is 23.8 Å². The normalized spacial score (nSPS) is 11.7. The van der Waals surface area contributed by atoms with Gasteiger partial charge in [-0.1, -0.05) is 281 Å². The molecule has 0 heterocycles. The Kier molecular flexibility index (Phi) is 22.0. The second-order valence-electron chi connectivity index (χ2n) is 18.3. The van der Waals surface area contributed by atoms with Crippen LogP contribution in [0.2, 0.25) is 0 Å². The molecule has 0 atom stereocenters. The highest BCUT2D eigenvalue weighted by atomic mass is 31.1. The molecule has 0 aliphatic rings. The van der Waals surface area contributed by atoms with E-state index >= 15 is 0 Å². The molecule has 73 heavy (non-hydrogen) atoms. The molecule has 0 aromatic heterocycles. The van der Waals surface area contributed by atoms with Crippen LogP contribution in [0.1, 0.15) is 0 Å². The molecule has 0 N–H and O–H groups in total. The molecule has 0 nitrogen and oxygen atoms in total. The van der Waals surface area contributed by atoms with Crippen LogP contribution in [0.5, 0.6) is 0 Å². The van der Waals surface area contributed by atoms with Crippen molar-refractivity contribution in [2.75, 3.05) is 73.9 Å². The Hall–Kier alpha value is -4.01. The van der Waals surface area contributed by atoms with Crippen LogP contribution in [0.15, 0.2) is 273 Å². The average molecular weight is 1080 g/mol. The van der Waals surface area contributed by atoms with Gasteiger partial charge in [0.15, 0.2) is 0 Å². The Morgan fingerprint density at radius 3 is 0.479 bits per heavy atom. The molecule has 0 bridgehead atoms. The lowest BCUT2D eigenvalue weighted by Gasteiger charge is -2.29. The largest absolute Gasteiger partial charge is 0.106 e. The highest BCUT2D eigenvalue weighted by Gasteiger charge is 2.25. The molecule has 9 aromatic carbocycles. The van der Waals surface area contributed by atoms with Crippen molar-refractivity contribution in [3.05, 3.63) is 273 Å². The second kappa shape index (κ2) is 29.9. The van der Waals surface area contributed by atoms with E-state index in [1.807, 2.05) is 0 Å². The van der Waals surface area contributed by atoms with Crippen molar-refractivity contribution >= 4 is 103 Å². The van der Waals surface area contributed by atoms with E-state index < -0.39 is 31.7 Å². The van der Waals surface area contributed by atoms with Gasteiger partial charge in [-0.3, -0.25) is 0 Å². The van der Waals surface area contributed by atoms with Gasteiger partial charge >= 0.3 is 0 Å². The maximum Gasteiger partial charge on any atom is -0.0195 e. The lowest BCUT2D eigenvalue weighted by atomic mass is 10.4. The van der Waals surface area contributed by atoms with Gasteiger partial charge in [0.2, 0.25) is 0 Å². The standard InChI is InChI=1S/C66H69P7/c1-10-28-58(29-11-1)69(52-46-67(48-54-70(59-30-12-2-13-31-59)60-32-14-3-15-33-60)49-55-71(61-34-16-4-17-35-61)62-36-18-5-19-37-62)53-47-68(50-56-72(63-38-20-6-21-39-63)64-40-22-7-23-41-64)51-57-73(65-42-24-8-25-43-65)66-44-26-9-27-45-66/h1-45H,46-57H2. The van der Waals surface area contributed by atoms with Crippen molar-refractivity contribution < 1.29 is 0 Å². The van der Waals surface area contributed by atoms with E-state index in [4.69, 9.17) is 0 Å². The summed E-state index contributed by atoms with van der Waals surface area (Å²) >= 11 is 0. The van der Waals surface area contributed by atoms with Gasteiger partial charge in [0.25, 0.3) is 0 Å². The van der Waals surface area contributed by atoms with Gasteiger partial charge < -0.3 is 0 Å². The predicted octanol–water partition coefficient (Wildman–Crippen LogP) is 14.3. The monoisotopic (exact) mass is 1080 g/mol. The van der Waals surface area contributed by atoms with Crippen LogP contribution in [-0.4, -0.2) is 73.9 Å². The number of rotatable bonds is 27. The Morgan fingerprint density at radius 1 is 0.151 bits per heavy atom. The van der Waals surface area contributed by atoms with E-state index in [9.17, 15) is 0 Å². The third kappa shape index (κ3) is 16.5. The van der Waals surface area contributed by atoms with Gasteiger partial charge in [0.1, 0.15) is 0 Å². The van der Waals surface area contributed by atoms with Crippen LogP contribution in [-0.2, 0) is 0 Å². The molecule has 9 aromatic rings. The van der Waals surface area contributed by atoms with Crippen LogP contribution in [0, 0.1) is 0 Å². The van der Waals surface area contributed by atoms with Crippen molar-refractivity contribution in [2.24, 2.45) is 0 Å². The minimum Gasteiger partial charge on any atom is -0.106 e. The highest BCUT2D eigenvalue weighted by Crippen LogP contribution is 2.51. The topological polar surface area (TPSA) is 0 Å². The molecule has 0 unspecified atom stereocenters. The summed E-state index contributed by atoms with van der Waals surface area (Å²) in [5, 5.41) is 13.7. The first kappa shape index (κ1) is 53.8. The summed E-state index contributed by atoms with van der Waals surface area (Å²) in [7, 11) is -2.49. The van der Waals surface area contributed by atoms with E-state index in [2.05, 4.69) is 273 Å². The number of benzene rings is 9. The van der Waals surface area contributed by atoms with Gasteiger partial charge in [-0.15, -0.1) is 15.8 Å². The van der Waals surface area contributed by atoms with Crippen LogP contribution in [0.3, 0.4) is 0 Å². The minimum atomic E-state index is -0.437. The van der Waals surface area contributed by atoms with Gasteiger partial charge in [-0.25, -0.2) is 0 Å². The zero-order valence-electron chi connectivity index (χ0n) is 42.1. The van der Waals surface area contributed by atoms with Crippen molar-refractivity contribution in [1.82, 2.24) is 0 Å². The fourth-order valence-corrected chi connectivity index (χ4v) is 31.8. The fourth-order valence-electron chi connectivity index (χ4n) is 9.66. The maximum absolute atomic E-state index is 2.48. The Labute approximate surface area is 447 Å². The predicted molar refractivity (Wildman–Crippen MR) is 342 cm³/mol. The summed E-state index contributed by atoms with van der Waals surface area (Å²) in [6, 6.07) is 104. The zero-order valence-corrected chi connectivity index (χ0v) is 48.4. The van der Waals surface area contributed by atoms with Crippen LogP contribution in [0.25, 0.3) is 0 Å². The SMILES string of the molecule is c1ccc(P(CCP(CCP(c2ccccc2)c2ccccc2)CCP(c2ccccc2)c2ccccc2)CCP(CCP(c2ccccc2)c2ccccc2)CCP(c2ccccc2)c2ccccc2)cc1. The highest BCUT2D eigenvalue weighted by molar-refractivity contribution is 7.76. The van der Waals surface area contributed by atoms with Crippen LogP contribution >= 0.6 is 55.5 Å². The molecular weight excluding hydrogens is 1010 g/mol. The summed E-state index contributed by atoms with van der Waals surface area (Å²) < 4.78 is 0. The lowest BCUT2D eigenvalue weighted by molar-refractivity contribution is 1.33. The number of hydrogen-bond donors (Lipinski definition) is 0. The van der Waals surface area contributed by atoms with E-state index in [1.165, 1.54) is 116 Å². The van der Waals surface area contributed by atoms with Gasteiger partial charge in [-0.05, 0) is 153 Å². The summed E-state index contributed by atoms with van der Waals surface area (Å²) in [6.45, 7) is 0. The minimum absolute atomic E-state index is 0.211. The molecule has 7 heteroatoms. The second-order valence-corrected chi connectivity index (χ2v) is 35.5. The lowest BCUT2D eigenvalue weighted by Crippen LogP contribution is -2.19. The first-order valence-electron chi connectivity index (χ1n) is 26.0. The van der Waals surface area contributed by atoms with Gasteiger partial charge in [-0.2, -0.15) is 0 Å². The van der Waals surface area contributed by atoms with Gasteiger partial charge in [0.05, 0.1) is 0 Å². The van der Waals surface area contributed by atoms with Crippen molar-refractivity contribution in [2.45, 2.75) is 0 Å². The molecule has 0 aliphatic carbocycles. The quantitative estimate of drug-likeness (QED) is 0.0450. The Bertz CT molecular complexity index is 2350. The molecule has 0 spiro atoms. The van der Waals surface area contributed by atoms with E-state index in [0.29, 0.717) is 0 Å². The third-order valence-corrected chi connectivity index (χ3v) is 33.5.